The molecule has 1 aromatic heterocycles. The minimum Gasteiger partial charge on any atom is -0.496 e. The molecule has 0 fully saturated rings. The van der Waals surface area contributed by atoms with Gasteiger partial charge < -0.3 is 10.1 Å². The molecule has 19 heavy (non-hydrogen) atoms. The van der Waals surface area contributed by atoms with Gasteiger partial charge in [-0.1, -0.05) is 17.7 Å². The first-order valence-corrected chi connectivity index (χ1v) is 7.43. The van der Waals surface area contributed by atoms with Gasteiger partial charge in [-0.3, -0.25) is 0 Å². The summed E-state index contributed by atoms with van der Waals surface area (Å²) in [6, 6.07) is 6.69. The van der Waals surface area contributed by atoms with Gasteiger partial charge in [-0.2, -0.15) is 11.3 Å². The molecule has 2 rings (SSSR count). The number of ether oxygens (including phenoxy) is 1. The number of nitrogens with one attached hydrogen (secondary N) is 1. The fourth-order valence-corrected chi connectivity index (χ4v) is 3.29. The first kappa shape index (κ1) is 14.1. The van der Waals surface area contributed by atoms with Crippen LogP contribution in [-0.4, -0.2) is 14.2 Å². The van der Waals surface area contributed by atoms with Crippen molar-refractivity contribution in [3.05, 3.63) is 51.2 Å². The molecular weight excluding hydrogens is 254 g/mol. The molecule has 0 radical (unpaired) electrons. The first-order chi connectivity index (χ1) is 9.15. The SMILES string of the molecule is CNC(Cc1cc(C)ccc1OC)c1cscc1C. The van der Waals surface area contributed by atoms with Crippen LogP contribution in [0, 0.1) is 13.8 Å². The van der Waals surface area contributed by atoms with Crippen molar-refractivity contribution in [3.63, 3.8) is 0 Å². The molecule has 2 nitrogen and oxygen atoms in total. The molecule has 1 aromatic carbocycles. The predicted molar refractivity (Wildman–Crippen MR) is 82.3 cm³/mol. The van der Waals surface area contributed by atoms with Crippen molar-refractivity contribution < 1.29 is 4.74 Å². The Kier molecular flexibility index (Phi) is 4.61. The molecule has 1 unspecified atom stereocenters. The van der Waals surface area contributed by atoms with Crippen molar-refractivity contribution in [1.29, 1.82) is 0 Å². The summed E-state index contributed by atoms with van der Waals surface area (Å²) in [5.41, 5.74) is 5.27. The molecule has 3 heteroatoms. The fourth-order valence-electron chi connectivity index (χ4n) is 2.38. The summed E-state index contributed by atoms with van der Waals surface area (Å²) < 4.78 is 5.47. The molecule has 0 amide bonds. The minimum absolute atomic E-state index is 0.335. The molecule has 0 saturated heterocycles. The zero-order valence-corrected chi connectivity index (χ0v) is 12.8. The normalized spacial score (nSPS) is 12.4. The van der Waals surface area contributed by atoms with Crippen molar-refractivity contribution in [1.82, 2.24) is 5.32 Å². The topological polar surface area (TPSA) is 21.3 Å². The van der Waals surface area contributed by atoms with E-state index in [2.05, 4.69) is 48.1 Å². The second kappa shape index (κ2) is 6.22. The van der Waals surface area contributed by atoms with Crippen molar-refractivity contribution >= 4 is 11.3 Å². The summed E-state index contributed by atoms with van der Waals surface area (Å²) in [7, 11) is 3.75. The van der Waals surface area contributed by atoms with Crippen LogP contribution in [0.5, 0.6) is 5.75 Å². The number of aryl methyl sites for hydroxylation is 2. The Bertz CT molecular complexity index is 547. The molecule has 0 aliphatic carbocycles. The second-order valence-corrected chi connectivity index (χ2v) is 5.61. The number of rotatable bonds is 5. The Balaban J connectivity index is 2.28. The highest BCUT2D eigenvalue weighted by molar-refractivity contribution is 7.08. The van der Waals surface area contributed by atoms with E-state index in [1.165, 1.54) is 22.3 Å². The van der Waals surface area contributed by atoms with Crippen LogP contribution in [0.25, 0.3) is 0 Å². The van der Waals surface area contributed by atoms with E-state index in [-0.39, 0.29) is 0 Å². The highest BCUT2D eigenvalue weighted by atomic mass is 32.1. The molecule has 102 valence electrons. The number of benzene rings is 1. The van der Waals surface area contributed by atoms with Gasteiger partial charge in [0.05, 0.1) is 7.11 Å². The number of likely N-dealkylation sites (N-methyl/N-ethyl adjacent to an activating group) is 1. The van der Waals surface area contributed by atoms with E-state index in [0.29, 0.717) is 6.04 Å². The summed E-state index contributed by atoms with van der Waals surface area (Å²) in [6.07, 6.45) is 0.943. The Hall–Kier alpha value is -1.32. The van der Waals surface area contributed by atoms with Crippen LogP contribution in [0.1, 0.15) is 28.3 Å². The molecule has 1 N–H and O–H groups in total. The summed E-state index contributed by atoms with van der Waals surface area (Å²) in [4.78, 5) is 0. The minimum atomic E-state index is 0.335. The van der Waals surface area contributed by atoms with Gasteiger partial charge in [-0.15, -0.1) is 0 Å². The molecule has 0 saturated carbocycles. The molecule has 0 spiro atoms. The Morgan fingerprint density at radius 3 is 2.63 bits per heavy atom. The monoisotopic (exact) mass is 275 g/mol. The number of methoxy groups -OCH3 is 1. The highest BCUT2D eigenvalue weighted by Gasteiger charge is 2.15. The summed E-state index contributed by atoms with van der Waals surface area (Å²) in [5, 5.41) is 7.85. The zero-order chi connectivity index (χ0) is 13.8. The van der Waals surface area contributed by atoms with E-state index >= 15 is 0 Å². The highest BCUT2D eigenvalue weighted by Crippen LogP contribution is 2.28. The molecule has 0 aliphatic heterocycles. The lowest BCUT2D eigenvalue weighted by molar-refractivity contribution is 0.406. The lowest BCUT2D eigenvalue weighted by Gasteiger charge is -2.18. The van der Waals surface area contributed by atoms with E-state index < -0.39 is 0 Å². The summed E-state index contributed by atoms with van der Waals surface area (Å²) in [5.74, 6) is 0.971. The zero-order valence-electron chi connectivity index (χ0n) is 12.0. The first-order valence-electron chi connectivity index (χ1n) is 6.49. The maximum Gasteiger partial charge on any atom is 0.122 e. The van der Waals surface area contributed by atoms with Crippen LogP contribution in [0.3, 0.4) is 0 Å². The fraction of sp³-hybridized carbons (Fsp3) is 0.375. The lowest BCUT2D eigenvalue weighted by atomic mass is 9.97. The van der Waals surface area contributed by atoms with Crippen LogP contribution in [0.2, 0.25) is 0 Å². The molecule has 2 aromatic rings. The van der Waals surface area contributed by atoms with Gasteiger partial charge in [-0.05, 0) is 60.8 Å². The van der Waals surface area contributed by atoms with E-state index in [1.807, 2.05) is 7.05 Å². The molecule has 0 aliphatic rings. The van der Waals surface area contributed by atoms with Crippen LogP contribution in [0.15, 0.2) is 29.0 Å². The molecular formula is C16H21NOS. The van der Waals surface area contributed by atoms with Crippen LogP contribution in [-0.2, 0) is 6.42 Å². The van der Waals surface area contributed by atoms with Gasteiger partial charge in [0.15, 0.2) is 0 Å². The number of hydrogen-bond acceptors (Lipinski definition) is 3. The number of thiophene rings is 1. The van der Waals surface area contributed by atoms with Crippen molar-refractivity contribution in [2.75, 3.05) is 14.2 Å². The van der Waals surface area contributed by atoms with Crippen molar-refractivity contribution in [2.45, 2.75) is 26.3 Å². The maximum atomic E-state index is 5.47. The largest absolute Gasteiger partial charge is 0.496 e. The van der Waals surface area contributed by atoms with Crippen molar-refractivity contribution in [2.24, 2.45) is 0 Å². The van der Waals surface area contributed by atoms with Gasteiger partial charge in [-0.25, -0.2) is 0 Å². The van der Waals surface area contributed by atoms with Crippen LogP contribution >= 0.6 is 11.3 Å². The Morgan fingerprint density at radius 2 is 2.05 bits per heavy atom. The Labute approximate surface area is 119 Å². The molecule has 0 bridgehead atoms. The van der Waals surface area contributed by atoms with E-state index in [4.69, 9.17) is 4.74 Å². The average molecular weight is 275 g/mol. The number of hydrogen-bond donors (Lipinski definition) is 1. The molecule has 1 heterocycles. The standard InChI is InChI=1S/C16H21NOS/c1-11-5-6-16(18-4)13(7-11)8-15(17-3)14-10-19-9-12(14)2/h5-7,9-10,15,17H,8H2,1-4H3. The summed E-state index contributed by atoms with van der Waals surface area (Å²) in [6.45, 7) is 4.29. The van der Waals surface area contributed by atoms with Gasteiger partial charge in [0.1, 0.15) is 5.75 Å². The van der Waals surface area contributed by atoms with Gasteiger partial charge >= 0.3 is 0 Å². The lowest BCUT2D eigenvalue weighted by Crippen LogP contribution is -2.19. The second-order valence-electron chi connectivity index (χ2n) is 4.87. The van der Waals surface area contributed by atoms with Crippen LogP contribution < -0.4 is 10.1 Å². The van der Waals surface area contributed by atoms with Crippen molar-refractivity contribution in [3.8, 4) is 5.75 Å². The Morgan fingerprint density at radius 1 is 1.26 bits per heavy atom. The molecule has 1 atom stereocenters. The maximum absolute atomic E-state index is 5.47. The average Bonchev–Trinajstić information content (AvgIpc) is 2.82. The third-order valence-electron chi connectivity index (χ3n) is 3.48. The van der Waals surface area contributed by atoms with Crippen LogP contribution in [0.4, 0.5) is 0 Å². The quantitative estimate of drug-likeness (QED) is 0.894. The van der Waals surface area contributed by atoms with E-state index in [1.54, 1.807) is 18.4 Å². The van der Waals surface area contributed by atoms with Gasteiger partial charge in [0, 0.05) is 6.04 Å². The van der Waals surface area contributed by atoms with Gasteiger partial charge in [0.25, 0.3) is 0 Å². The third-order valence-corrected chi connectivity index (χ3v) is 4.36. The summed E-state index contributed by atoms with van der Waals surface area (Å²) >= 11 is 1.76. The smallest absolute Gasteiger partial charge is 0.122 e. The van der Waals surface area contributed by atoms with Gasteiger partial charge in [0.2, 0.25) is 0 Å². The van der Waals surface area contributed by atoms with E-state index in [0.717, 1.165) is 12.2 Å². The third kappa shape index (κ3) is 3.17. The van der Waals surface area contributed by atoms with E-state index in [9.17, 15) is 0 Å². The predicted octanol–water partition coefficient (Wildman–Crippen LogP) is 3.88.